The predicted octanol–water partition coefficient (Wildman–Crippen LogP) is 2.77. The minimum Gasteiger partial charge on any atom is -0.393 e. The standard InChI is InChI=1S/C19H19N3O2/c20-13-14-2-1-3-16(12-14)21-19(24)15-4-6-17(7-5-15)22-10-8-18(23)9-11-22/h1-7,12,18,23H,8-11H2,(H,21,24). The van der Waals surface area contributed by atoms with Crippen molar-refractivity contribution in [2.45, 2.75) is 18.9 Å². The lowest BCUT2D eigenvalue weighted by Gasteiger charge is -2.31. The number of piperidine rings is 1. The second-order valence-electron chi connectivity index (χ2n) is 5.91. The summed E-state index contributed by atoms with van der Waals surface area (Å²) >= 11 is 0. The first-order valence-electron chi connectivity index (χ1n) is 8.00. The highest BCUT2D eigenvalue weighted by molar-refractivity contribution is 6.04. The SMILES string of the molecule is N#Cc1cccc(NC(=O)c2ccc(N3CCC(O)CC3)cc2)c1. The van der Waals surface area contributed by atoms with Crippen molar-refractivity contribution in [1.29, 1.82) is 5.26 Å². The Morgan fingerprint density at radius 3 is 2.54 bits per heavy atom. The van der Waals surface area contributed by atoms with Crippen molar-refractivity contribution in [2.24, 2.45) is 0 Å². The molecule has 5 nitrogen and oxygen atoms in total. The Balaban J connectivity index is 1.66. The second-order valence-corrected chi connectivity index (χ2v) is 5.91. The van der Waals surface area contributed by atoms with Crippen molar-refractivity contribution in [2.75, 3.05) is 23.3 Å². The highest BCUT2D eigenvalue weighted by atomic mass is 16.3. The van der Waals surface area contributed by atoms with Crippen LogP contribution in [0.2, 0.25) is 0 Å². The number of amides is 1. The van der Waals surface area contributed by atoms with E-state index in [2.05, 4.69) is 16.3 Å². The van der Waals surface area contributed by atoms with Crippen LogP contribution in [0.25, 0.3) is 0 Å². The summed E-state index contributed by atoms with van der Waals surface area (Å²) in [6.45, 7) is 1.65. The molecule has 1 aliphatic heterocycles. The maximum absolute atomic E-state index is 12.3. The lowest BCUT2D eigenvalue weighted by atomic mass is 10.1. The van der Waals surface area contributed by atoms with Crippen LogP contribution in [0.3, 0.4) is 0 Å². The Morgan fingerprint density at radius 2 is 1.88 bits per heavy atom. The third-order valence-electron chi connectivity index (χ3n) is 4.21. The summed E-state index contributed by atoms with van der Waals surface area (Å²) in [4.78, 5) is 14.5. The molecule has 24 heavy (non-hydrogen) atoms. The third kappa shape index (κ3) is 3.73. The van der Waals surface area contributed by atoms with Crippen LogP contribution in [0, 0.1) is 11.3 Å². The van der Waals surface area contributed by atoms with Gasteiger partial charge in [0.2, 0.25) is 0 Å². The predicted molar refractivity (Wildman–Crippen MR) is 93.0 cm³/mol. The first-order chi connectivity index (χ1) is 11.7. The fourth-order valence-electron chi connectivity index (χ4n) is 2.82. The van der Waals surface area contributed by atoms with E-state index in [1.807, 2.05) is 12.1 Å². The van der Waals surface area contributed by atoms with E-state index in [4.69, 9.17) is 5.26 Å². The van der Waals surface area contributed by atoms with Crippen LogP contribution in [-0.2, 0) is 0 Å². The zero-order valence-corrected chi connectivity index (χ0v) is 13.3. The van der Waals surface area contributed by atoms with Gasteiger partial charge in [-0.25, -0.2) is 0 Å². The minimum atomic E-state index is -0.203. The molecule has 122 valence electrons. The summed E-state index contributed by atoms with van der Waals surface area (Å²) < 4.78 is 0. The molecule has 5 heteroatoms. The Hall–Kier alpha value is -2.84. The number of rotatable bonds is 3. The van der Waals surface area contributed by atoms with Crippen LogP contribution in [0.4, 0.5) is 11.4 Å². The molecule has 3 rings (SSSR count). The van der Waals surface area contributed by atoms with Gasteiger partial charge in [0.25, 0.3) is 5.91 Å². The van der Waals surface area contributed by atoms with Crippen molar-refractivity contribution in [3.63, 3.8) is 0 Å². The van der Waals surface area contributed by atoms with Crippen molar-refractivity contribution in [3.8, 4) is 6.07 Å². The summed E-state index contributed by atoms with van der Waals surface area (Å²) in [5.41, 5.74) is 2.74. The first-order valence-corrected chi connectivity index (χ1v) is 8.00. The number of nitriles is 1. The van der Waals surface area contributed by atoms with E-state index in [1.54, 1.807) is 36.4 Å². The smallest absolute Gasteiger partial charge is 0.255 e. The van der Waals surface area contributed by atoms with Gasteiger partial charge in [-0.3, -0.25) is 4.79 Å². The van der Waals surface area contributed by atoms with Crippen LogP contribution in [-0.4, -0.2) is 30.2 Å². The van der Waals surface area contributed by atoms with Crippen LogP contribution in [0.15, 0.2) is 48.5 Å². The van der Waals surface area contributed by atoms with Crippen LogP contribution in [0.1, 0.15) is 28.8 Å². The monoisotopic (exact) mass is 321 g/mol. The van der Waals surface area contributed by atoms with Crippen molar-refractivity contribution in [1.82, 2.24) is 0 Å². The van der Waals surface area contributed by atoms with Gasteiger partial charge in [-0.1, -0.05) is 6.07 Å². The van der Waals surface area contributed by atoms with Crippen LogP contribution >= 0.6 is 0 Å². The number of nitrogens with zero attached hydrogens (tertiary/aromatic N) is 2. The van der Waals surface area contributed by atoms with E-state index in [-0.39, 0.29) is 12.0 Å². The lowest BCUT2D eigenvalue weighted by molar-refractivity contribution is 0.102. The van der Waals surface area contributed by atoms with E-state index in [1.165, 1.54) is 0 Å². The normalized spacial score (nSPS) is 14.9. The maximum Gasteiger partial charge on any atom is 0.255 e. The van der Waals surface area contributed by atoms with Gasteiger partial charge in [-0.15, -0.1) is 0 Å². The number of hydrogen-bond donors (Lipinski definition) is 2. The highest BCUT2D eigenvalue weighted by Gasteiger charge is 2.17. The van der Waals surface area contributed by atoms with Crippen molar-refractivity contribution < 1.29 is 9.90 Å². The number of aliphatic hydroxyl groups is 1. The Morgan fingerprint density at radius 1 is 1.17 bits per heavy atom. The first kappa shape index (κ1) is 16.0. The van der Waals surface area contributed by atoms with Gasteiger partial charge in [0.1, 0.15) is 0 Å². The van der Waals surface area contributed by atoms with Gasteiger partial charge < -0.3 is 15.3 Å². The fourth-order valence-corrected chi connectivity index (χ4v) is 2.82. The Bertz CT molecular complexity index is 757. The third-order valence-corrected chi connectivity index (χ3v) is 4.21. The largest absolute Gasteiger partial charge is 0.393 e. The van der Waals surface area contributed by atoms with Gasteiger partial charge in [0, 0.05) is 30.0 Å². The molecular formula is C19H19N3O2. The molecule has 0 atom stereocenters. The molecule has 0 aliphatic carbocycles. The number of benzene rings is 2. The summed E-state index contributed by atoms with van der Waals surface area (Å²) in [7, 11) is 0. The molecular weight excluding hydrogens is 302 g/mol. The quantitative estimate of drug-likeness (QED) is 0.911. The summed E-state index contributed by atoms with van der Waals surface area (Å²) in [6, 6.07) is 16.3. The number of hydrogen-bond acceptors (Lipinski definition) is 4. The van der Waals surface area contributed by atoms with E-state index in [0.29, 0.717) is 16.8 Å². The molecule has 0 aromatic heterocycles. The molecule has 1 heterocycles. The summed E-state index contributed by atoms with van der Waals surface area (Å²) in [5.74, 6) is -0.203. The van der Waals surface area contributed by atoms with Gasteiger partial charge in [0.15, 0.2) is 0 Å². The molecule has 0 saturated carbocycles. The molecule has 0 radical (unpaired) electrons. The number of carbonyl (C=O) groups is 1. The second kappa shape index (κ2) is 7.16. The van der Waals surface area contributed by atoms with Crippen LogP contribution < -0.4 is 10.2 Å². The number of carbonyl (C=O) groups excluding carboxylic acids is 1. The molecule has 1 amide bonds. The molecule has 0 spiro atoms. The van der Waals surface area contributed by atoms with Crippen LogP contribution in [0.5, 0.6) is 0 Å². The zero-order chi connectivity index (χ0) is 16.9. The number of anilines is 2. The molecule has 1 fully saturated rings. The zero-order valence-electron chi connectivity index (χ0n) is 13.3. The summed E-state index contributed by atoms with van der Waals surface area (Å²) in [6.07, 6.45) is 1.35. The molecule has 0 unspecified atom stereocenters. The summed E-state index contributed by atoms with van der Waals surface area (Å²) in [5, 5.41) is 21.3. The topological polar surface area (TPSA) is 76.4 Å². The van der Waals surface area contributed by atoms with Crippen molar-refractivity contribution in [3.05, 3.63) is 59.7 Å². The fraction of sp³-hybridized carbons (Fsp3) is 0.263. The molecule has 2 aromatic carbocycles. The lowest BCUT2D eigenvalue weighted by Crippen LogP contribution is -2.35. The van der Waals surface area contributed by atoms with E-state index in [0.717, 1.165) is 31.6 Å². The molecule has 2 N–H and O–H groups in total. The highest BCUT2D eigenvalue weighted by Crippen LogP contribution is 2.21. The van der Waals surface area contributed by atoms with E-state index >= 15 is 0 Å². The molecule has 0 bridgehead atoms. The van der Waals surface area contributed by atoms with E-state index < -0.39 is 0 Å². The number of nitrogens with one attached hydrogen (secondary N) is 1. The molecule has 1 saturated heterocycles. The average molecular weight is 321 g/mol. The Kier molecular flexibility index (Phi) is 4.78. The number of aliphatic hydroxyl groups excluding tert-OH is 1. The van der Waals surface area contributed by atoms with Gasteiger partial charge in [0.05, 0.1) is 17.7 Å². The van der Waals surface area contributed by atoms with Gasteiger partial charge in [-0.2, -0.15) is 5.26 Å². The van der Waals surface area contributed by atoms with Crippen molar-refractivity contribution >= 4 is 17.3 Å². The Labute approximate surface area is 141 Å². The van der Waals surface area contributed by atoms with E-state index in [9.17, 15) is 9.90 Å². The van der Waals surface area contributed by atoms with Gasteiger partial charge in [-0.05, 0) is 55.3 Å². The molecule has 1 aliphatic rings. The molecule has 2 aromatic rings. The average Bonchev–Trinajstić information content (AvgIpc) is 2.62. The maximum atomic E-state index is 12.3. The van der Waals surface area contributed by atoms with Gasteiger partial charge >= 0.3 is 0 Å². The minimum absolute atomic E-state index is 0.199.